The maximum absolute atomic E-state index is 12.1. The molecular formula is C17H13N3O6S. The van der Waals surface area contributed by atoms with E-state index < -0.39 is 22.0 Å². The van der Waals surface area contributed by atoms with Crippen LogP contribution in [0.3, 0.4) is 0 Å². The SMILES string of the molecule is N#C/C(=C/Nc1cccc(S(=O)(=O)O)c1)C(=O)Nc1cccc(C(=O)O)c1. The molecule has 1 amide bonds. The number of carboxylic acid groups (broad SMARTS) is 1. The zero-order chi connectivity index (χ0) is 20.0. The van der Waals surface area contributed by atoms with Crippen LogP contribution in [0, 0.1) is 11.3 Å². The number of nitrogens with zero attached hydrogens (tertiary/aromatic N) is 1. The Balaban J connectivity index is 2.17. The first-order valence-corrected chi connectivity index (χ1v) is 8.74. The van der Waals surface area contributed by atoms with E-state index in [9.17, 15) is 18.0 Å². The summed E-state index contributed by atoms with van der Waals surface area (Å²) in [6.45, 7) is 0. The Hall–Kier alpha value is -3.68. The van der Waals surface area contributed by atoms with Gasteiger partial charge in [-0.3, -0.25) is 9.35 Å². The van der Waals surface area contributed by atoms with Crippen LogP contribution >= 0.6 is 0 Å². The van der Waals surface area contributed by atoms with E-state index in [0.717, 1.165) is 12.3 Å². The lowest BCUT2D eigenvalue weighted by molar-refractivity contribution is -0.112. The van der Waals surface area contributed by atoms with Gasteiger partial charge in [-0.25, -0.2) is 4.79 Å². The first-order chi connectivity index (χ1) is 12.7. The van der Waals surface area contributed by atoms with Crippen LogP contribution in [0.2, 0.25) is 0 Å². The van der Waals surface area contributed by atoms with Crippen LogP contribution in [-0.2, 0) is 14.9 Å². The van der Waals surface area contributed by atoms with Crippen LogP contribution < -0.4 is 10.6 Å². The summed E-state index contributed by atoms with van der Waals surface area (Å²) in [5, 5.41) is 23.1. The molecular weight excluding hydrogens is 374 g/mol. The topological polar surface area (TPSA) is 157 Å². The van der Waals surface area contributed by atoms with Gasteiger partial charge in [0.15, 0.2) is 0 Å². The Labute approximate surface area is 154 Å². The summed E-state index contributed by atoms with van der Waals surface area (Å²) in [5.74, 6) is -1.96. The van der Waals surface area contributed by atoms with Crippen LogP contribution in [-0.4, -0.2) is 30.0 Å². The number of carboxylic acids is 1. The van der Waals surface area contributed by atoms with Gasteiger partial charge in [-0.15, -0.1) is 0 Å². The fraction of sp³-hybridized carbons (Fsp3) is 0. The highest BCUT2D eigenvalue weighted by Gasteiger charge is 2.12. The van der Waals surface area contributed by atoms with Crippen molar-refractivity contribution in [2.45, 2.75) is 4.90 Å². The van der Waals surface area contributed by atoms with Crippen molar-refractivity contribution < 1.29 is 27.7 Å². The van der Waals surface area contributed by atoms with Gasteiger partial charge in [-0.2, -0.15) is 13.7 Å². The Morgan fingerprint density at radius 1 is 1.07 bits per heavy atom. The summed E-state index contributed by atoms with van der Waals surface area (Å²) < 4.78 is 31.3. The molecule has 2 aromatic carbocycles. The first-order valence-electron chi connectivity index (χ1n) is 7.30. The molecule has 27 heavy (non-hydrogen) atoms. The molecule has 0 radical (unpaired) electrons. The molecule has 0 atom stereocenters. The molecule has 0 heterocycles. The molecule has 0 saturated carbocycles. The summed E-state index contributed by atoms with van der Waals surface area (Å²) in [4.78, 5) is 22.7. The number of rotatable bonds is 6. The molecule has 0 aliphatic carbocycles. The van der Waals surface area contributed by atoms with Gasteiger partial charge >= 0.3 is 5.97 Å². The predicted octanol–water partition coefficient (Wildman–Crippen LogP) is 2.09. The van der Waals surface area contributed by atoms with Crippen molar-refractivity contribution >= 4 is 33.4 Å². The maximum Gasteiger partial charge on any atom is 0.335 e. The van der Waals surface area contributed by atoms with Gasteiger partial charge in [-0.05, 0) is 36.4 Å². The Kier molecular flexibility index (Phi) is 5.92. The molecule has 2 aromatic rings. The number of amides is 1. The molecule has 0 aliphatic rings. The number of benzene rings is 2. The minimum atomic E-state index is -4.39. The van der Waals surface area contributed by atoms with Crippen molar-refractivity contribution in [1.29, 1.82) is 5.26 Å². The second-order valence-electron chi connectivity index (χ2n) is 5.16. The zero-order valence-corrected chi connectivity index (χ0v) is 14.4. The quantitative estimate of drug-likeness (QED) is 0.333. The van der Waals surface area contributed by atoms with Gasteiger partial charge in [0.05, 0.1) is 10.5 Å². The Bertz CT molecular complexity index is 1070. The standard InChI is InChI=1S/C17H13N3O6S/c18-9-12(10-19-13-4-2-6-15(8-13)27(24,25)26)16(21)20-14-5-1-3-11(7-14)17(22)23/h1-8,10,19H,(H,20,21)(H,22,23)(H,24,25,26)/b12-10-. The molecule has 0 fully saturated rings. The van der Waals surface area contributed by atoms with E-state index in [1.807, 2.05) is 0 Å². The fourth-order valence-corrected chi connectivity index (χ4v) is 2.51. The molecule has 0 aliphatic heterocycles. The average Bonchev–Trinajstić information content (AvgIpc) is 2.62. The van der Waals surface area contributed by atoms with Crippen molar-refractivity contribution in [1.82, 2.24) is 0 Å². The highest BCUT2D eigenvalue weighted by atomic mass is 32.2. The molecule has 0 unspecified atom stereocenters. The minimum absolute atomic E-state index is 0.0320. The van der Waals surface area contributed by atoms with E-state index in [1.54, 1.807) is 6.07 Å². The van der Waals surface area contributed by atoms with Crippen LogP contribution in [0.4, 0.5) is 11.4 Å². The van der Waals surface area contributed by atoms with Crippen LogP contribution in [0.15, 0.2) is 65.2 Å². The van der Waals surface area contributed by atoms with Gasteiger partial charge in [0.2, 0.25) is 0 Å². The summed E-state index contributed by atoms with van der Waals surface area (Å²) >= 11 is 0. The van der Waals surface area contributed by atoms with E-state index in [2.05, 4.69) is 10.6 Å². The van der Waals surface area contributed by atoms with Crippen molar-refractivity contribution in [3.8, 4) is 6.07 Å². The third-order valence-corrected chi connectivity index (χ3v) is 4.10. The van der Waals surface area contributed by atoms with Crippen LogP contribution in [0.25, 0.3) is 0 Å². The lowest BCUT2D eigenvalue weighted by Crippen LogP contribution is -2.15. The normalized spacial score (nSPS) is 11.3. The van der Waals surface area contributed by atoms with Gasteiger partial charge < -0.3 is 15.7 Å². The van der Waals surface area contributed by atoms with Crippen molar-refractivity contribution in [3.05, 3.63) is 65.9 Å². The number of anilines is 2. The smallest absolute Gasteiger partial charge is 0.335 e. The molecule has 9 nitrogen and oxygen atoms in total. The molecule has 0 aromatic heterocycles. The number of hydrogen-bond donors (Lipinski definition) is 4. The Morgan fingerprint density at radius 2 is 1.74 bits per heavy atom. The number of carbonyl (C=O) groups is 2. The second-order valence-corrected chi connectivity index (χ2v) is 6.58. The zero-order valence-electron chi connectivity index (χ0n) is 13.6. The molecule has 138 valence electrons. The largest absolute Gasteiger partial charge is 0.478 e. The van der Waals surface area contributed by atoms with E-state index in [-0.39, 0.29) is 27.4 Å². The van der Waals surface area contributed by atoms with Crippen molar-refractivity contribution in [2.24, 2.45) is 0 Å². The molecule has 0 bridgehead atoms. The number of carbonyl (C=O) groups excluding carboxylic acids is 1. The number of hydrogen-bond acceptors (Lipinski definition) is 6. The predicted molar refractivity (Wildman–Crippen MR) is 95.6 cm³/mol. The van der Waals surface area contributed by atoms with Crippen molar-refractivity contribution in [2.75, 3.05) is 10.6 Å². The fourth-order valence-electron chi connectivity index (χ4n) is 1.98. The monoisotopic (exact) mass is 387 g/mol. The van der Waals surface area contributed by atoms with Gasteiger partial charge in [0, 0.05) is 17.6 Å². The maximum atomic E-state index is 12.1. The van der Waals surface area contributed by atoms with Crippen LogP contribution in [0.5, 0.6) is 0 Å². The summed E-state index contributed by atoms with van der Waals surface area (Å²) in [6.07, 6.45) is 1.06. The van der Waals surface area contributed by atoms with E-state index in [4.69, 9.17) is 14.9 Å². The van der Waals surface area contributed by atoms with E-state index in [0.29, 0.717) is 0 Å². The summed E-state index contributed by atoms with van der Waals surface area (Å²) in [7, 11) is -4.39. The minimum Gasteiger partial charge on any atom is -0.478 e. The average molecular weight is 387 g/mol. The number of nitrogens with one attached hydrogen (secondary N) is 2. The molecule has 2 rings (SSSR count). The van der Waals surface area contributed by atoms with E-state index >= 15 is 0 Å². The van der Waals surface area contributed by atoms with Crippen LogP contribution in [0.1, 0.15) is 10.4 Å². The summed E-state index contributed by atoms with van der Waals surface area (Å²) in [6, 6.07) is 12.3. The number of nitriles is 1. The van der Waals surface area contributed by atoms with Gasteiger partial charge in [0.25, 0.3) is 16.0 Å². The lowest BCUT2D eigenvalue weighted by atomic mass is 10.2. The highest BCUT2D eigenvalue weighted by Crippen LogP contribution is 2.16. The molecule has 10 heteroatoms. The lowest BCUT2D eigenvalue weighted by Gasteiger charge is -2.06. The number of aromatic carboxylic acids is 1. The molecule has 0 saturated heterocycles. The molecule has 4 N–H and O–H groups in total. The van der Waals surface area contributed by atoms with Gasteiger partial charge in [0.1, 0.15) is 11.6 Å². The summed E-state index contributed by atoms with van der Waals surface area (Å²) in [5.41, 5.74) is 0.0383. The van der Waals surface area contributed by atoms with Crippen molar-refractivity contribution in [3.63, 3.8) is 0 Å². The van der Waals surface area contributed by atoms with E-state index in [1.165, 1.54) is 42.5 Å². The Morgan fingerprint density at radius 3 is 2.37 bits per heavy atom. The highest BCUT2D eigenvalue weighted by molar-refractivity contribution is 7.85. The first kappa shape index (κ1) is 19.6. The third-order valence-electron chi connectivity index (χ3n) is 3.25. The van der Waals surface area contributed by atoms with Gasteiger partial charge in [-0.1, -0.05) is 12.1 Å². The second kappa shape index (κ2) is 8.13. The third kappa shape index (κ3) is 5.40. The molecule has 0 spiro atoms.